The van der Waals surface area contributed by atoms with Crippen molar-refractivity contribution in [2.75, 3.05) is 26.0 Å². The van der Waals surface area contributed by atoms with Crippen LogP contribution in [0.15, 0.2) is 18.2 Å². The molecule has 0 unspecified atom stereocenters. The molecule has 0 atom stereocenters. The number of carbonyl (C=O) groups excluding carboxylic acids is 1. The number of rotatable bonds is 4. The molecule has 0 heterocycles. The SMILES string of the molecule is COCCNC(=O)c1ccc(N)c(F)c1. The number of ether oxygens (including phenoxy) is 1. The quantitative estimate of drug-likeness (QED) is 0.572. The second-order valence-corrected chi connectivity index (χ2v) is 2.98. The van der Waals surface area contributed by atoms with Gasteiger partial charge < -0.3 is 15.8 Å². The fourth-order valence-corrected chi connectivity index (χ4v) is 1.04. The molecule has 0 radical (unpaired) electrons. The highest BCUT2D eigenvalue weighted by Gasteiger charge is 2.07. The van der Waals surface area contributed by atoms with E-state index in [-0.39, 0.29) is 17.2 Å². The molecule has 1 aromatic carbocycles. The smallest absolute Gasteiger partial charge is 0.251 e. The Morgan fingerprint density at radius 1 is 1.60 bits per heavy atom. The lowest BCUT2D eigenvalue weighted by Crippen LogP contribution is -2.27. The van der Waals surface area contributed by atoms with Crippen LogP contribution in [0.1, 0.15) is 10.4 Å². The van der Waals surface area contributed by atoms with Crippen LogP contribution < -0.4 is 11.1 Å². The number of amides is 1. The molecule has 0 bridgehead atoms. The molecule has 0 aromatic heterocycles. The molecule has 0 spiro atoms. The summed E-state index contributed by atoms with van der Waals surface area (Å²) in [5.41, 5.74) is 5.56. The van der Waals surface area contributed by atoms with Crippen LogP contribution in [-0.2, 0) is 4.74 Å². The molecule has 0 aliphatic heterocycles. The predicted octanol–water partition coefficient (Wildman–Crippen LogP) is 0.784. The van der Waals surface area contributed by atoms with E-state index in [0.29, 0.717) is 13.2 Å². The van der Waals surface area contributed by atoms with Gasteiger partial charge in [-0.05, 0) is 18.2 Å². The van der Waals surface area contributed by atoms with Gasteiger partial charge in [-0.25, -0.2) is 4.39 Å². The summed E-state index contributed by atoms with van der Waals surface area (Å²) >= 11 is 0. The summed E-state index contributed by atoms with van der Waals surface area (Å²) in [6, 6.07) is 3.94. The Balaban J connectivity index is 2.62. The minimum Gasteiger partial charge on any atom is -0.396 e. The van der Waals surface area contributed by atoms with Gasteiger partial charge in [-0.2, -0.15) is 0 Å². The molecule has 1 aromatic rings. The number of anilines is 1. The zero-order valence-electron chi connectivity index (χ0n) is 8.42. The maximum atomic E-state index is 13.0. The Bertz CT molecular complexity index is 355. The van der Waals surface area contributed by atoms with Crippen molar-refractivity contribution in [1.29, 1.82) is 0 Å². The van der Waals surface area contributed by atoms with Crippen LogP contribution in [0.4, 0.5) is 10.1 Å². The molecular weight excluding hydrogens is 199 g/mol. The van der Waals surface area contributed by atoms with Crippen molar-refractivity contribution in [3.05, 3.63) is 29.6 Å². The van der Waals surface area contributed by atoms with Gasteiger partial charge >= 0.3 is 0 Å². The van der Waals surface area contributed by atoms with E-state index in [1.54, 1.807) is 0 Å². The fraction of sp³-hybridized carbons (Fsp3) is 0.300. The standard InChI is InChI=1S/C10H13FN2O2/c1-15-5-4-13-10(14)7-2-3-9(12)8(11)6-7/h2-3,6H,4-5,12H2,1H3,(H,13,14). The highest BCUT2D eigenvalue weighted by molar-refractivity contribution is 5.94. The van der Waals surface area contributed by atoms with Crippen molar-refractivity contribution < 1.29 is 13.9 Å². The maximum Gasteiger partial charge on any atom is 0.251 e. The monoisotopic (exact) mass is 212 g/mol. The average Bonchev–Trinajstić information content (AvgIpc) is 2.22. The molecule has 82 valence electrons. The first-order valence-electron chi connectivity index (χ1n) is 4.47. The van der Waals surface area contributed by atoms with Crippen LogP contribution in [0.25, 0.3) is 0 Å². The molecule has 3 N–H and O–H groups in total. The van der Waals surface area contributed by atoms with Crippen LogP contribution in [-0.4, -0.2) is 26.2 Å². The number of carbonyl (C=O) groups is 1. The minimum absolute atomic E-state index is 0.0310. The minimum atomic E-state index is -0.589. The van der Waals surface area contributed by atoms with Gasteiger partial charge in [0.05, 0.1) is 12.3 Å². The lowest BCUT2D eigenvalue weighted by atomic mass is 10.2. The van der Waals surface area contributed by atoms with Gasteiger partial charge in [0.15, 0.2) is 0 Å². The normalized spacial score (nSPS) is 10.0. The molecule has 1 rings (SSSR count). The molecule has 0 saturated carbocycles. The van der Waals surface area contributed by atoms with Gasteiger partial charge in [-0.1, -0.05) is 0 Å². The van der Waals surface area contributed by atoms with Crippen LogP contribution in [0.3, 0.4) is 0 Å². The number of hydrogen-bond donors (Lipinski definition) is 2. The highest BCUT2D eigenvalue weighted by Crippen LogP contribution is 2.11. The summed E-state index contributed by atoms with van der Waals surface area (Å²) in [7, 11) is 1.54. The number of hydrogen-bond acceptors (Lipinski definition) is 3. The van der Waals surface area contributed by atoms with E-state index in [2.05, 4.69) is 5.32 Å². The van der Waals surface area contributed by atoms with Crippen molar-refractivity contribution in [3.8, 4) is 0 Å². The third-order valence-electron chi connectivity index (χ3n) is 1.85. The number of halogens is 1. The number of benzene rings is 1. The van der Waals surface area contributed by atoms with E-state index < -0.39 is 5.82 Å². The molecule has 1 amide bonds. The van der Waals surface area contributed by atoms with Crippen LogP contribution in [0, 0.1) is 5.82 Å². The molecule has 5 heteroatoms. The summed E-state index contributed by atoms with van der Waals surface area (Å²) in [5.74, 6) is -0.930. The summed E-state index contributed by atoms with van der Waals surface area (Å²) in [4.78, 5) is 11.4. The summed E-state index contributed by atoms with van der Waals surface area (Å²) in [6.07, 6.45) is 0. The fourth-order valence-electron chi connectivity index (χ4n) is 1.04. The van der Waals surface area contributed by atoms with Crippen molar-refractivity contribution >= 4 is 11.6 Å². The maximum absolute atomic E-state index is 13.0. The molecule has 0 aliphatic rings. The van der Waals surface area contributed by atoms with Crippen molar-refractivity contribution in [2.45, 2.75) is 0 Å². The van der Waals surface area contributed by atoms with Crippen molar-refractivity contribution in [3.63, 3.8) is 0 Å². The Morgan fingerprint density at radius 2 is 2.33 bits per heavy atom. The molecule has 0 fully saturated rings. The molecule has 0 saturated heterocycles. The number of methoxy groups -OCH3 is 1. The van der Waals surface area contributed by atoms with Crippen LogP contribution >= 0.6 is 0 Å². The molecule has 4 nitrogen and oxygen atoms in total. The Hall–Kier alpha value is -1.62. The van der Waals surface area contributed by atoms with Gasteiger partial charge in [0.2, 0.25) is 0 Å². The first-order chi connectivity index (χ1) is 7.15. The third kappa shape index (κ3) is 3.21. The van der Waals surface area contributed by atoms with Gasteiger partial charge in [0.1, 0.15) is 5.82 Å². The topological polar surface area (TPSA) is 64.3 Å². The second kappa shape index (κ2) is 5.31. The number of nitrogens with one attached hydrogen (secondary N) is 1. The second-order valence-electron chi connectivity index (χ2n) is 2.98. The Labute approximate surface area is 87.2 Å². The van der Waals surface area contributed by atoms with Gasteiger partial charge in [0.25, 0.3) is 5.91 Å². The van der Waals surface area contributed by atoms with Crippen LogP contribution in [0.2, 0.25) is 0 Å². The number of nitrogen functional groups attached to an aromatic ring is 1. The van der Waals surface area contributed by atoms with E-state index in [1.165, 1.54) is 19.2 Å². The molecule has 15 heavy (non-hydrogen) atoms. The zero-order valence-corrected chi connectivity index (χ0v) is 8.42. The van der Waals surface area contributed by atoms with Crippen LogP contribution in [0.5, 0.6) is 0 Å². The largest absolute Gasteiger partial charge is 0.396 e. The van der Waals surface area contributed by atoms with E-state index in [0.717, 1.165) is 6.07 Å². The summed E-state index contributed by atoms with van der Waals surface area (Å²) < 4.78 is 17.8. The predicted molar refractivity (Wildman–Crippen MR) is 55.0 cm³/mol. The average molecular weight is 212 g/mol. The summed E-state index contributed by atoms with van der Waals surface area (Å²) in [5, 5.41) is 2.58. The Morgan fingerprint density at radius 3 is 2.93 bits per heavy atom. The summed E-state index contributed by atoms with van der Waals surface area (Å²) in [6.45, 7) is 0.810. The molecular formula is C10H13FN2O2. The third-order valence-corrected chi connectivity index (χ3v) is 1.85. The van der Waals surface area contributed by atoms with E-state index in [1.807, 2.05) is 0 Å². The number of nitrogens with two attached hydrogens (primary N) is 1. The molecule has 0 aliphatic carbocycles. The van der Waals surface area contributed by atoms with E-state index >= 15 is 0 Å². The van der Waals surface area contributed by atoms with E-state index in [4.69, 9.17) is 10.5 Å². The lowest BCUT2D eigenvalue weighted by Gasteiger charge is -2.05. The highest BCUT2D eigenvalue weighted by atomic mass is 19.1. The zero-order chi connectivity index (χ0) is 11.3. The van der Waals surface area contributed by atoms with Gasteiger partial charge in [-0.3, -0.25) is 4.79 Å². The van der Waals surface area contributed by atoms with Crippen molar-refractivity contribution in [2.24, 2.45) is 0 Å². The van der Waals surface area contributed by atoms with E-state index in [9.17, 15) is 9.18 Å². The van der Waals surface area contributed by atoms with Gasteiger partial charge in [0, 0.05) is 19.2 Å². The lowest BCUT2D eigenvalue weighted by molar-refractivity contribution is 0.0936. The first-order valence-corrected chi connectivity index (χ1v) is 4.47. The Kier molecular flexibility index (Phi) is 4.05. The van der Waals surface area contributed by atoms with Crippen molar-refractivity contribution in [1.82, 2.24) is 5.32 Å². The van der Waals surface area contributed by atoms with Gasteiger partial charge in [-0.15, -0.1) is 0 Å². The first kappa shape index (κ1) is 11.5.